The molecular formula is C20H17ClF3N3O2. The van der Waals surface area contributed by atoms with Crippen LogP contribution in [0.1, 0.15) is 31.2 Å². The molecule has 0 bridgehead atoms. The summed E-state index contributed by atoms with van der Waals surface area (Å²) >= 11 is 6.19. The van der Waals surface area contributed by atoms with Gasteiger partial charge in [0.05, 0.1) is 22.5 Å². The largest absolute Gasteiger partial charge is 0.433 e. The fourth-order valence-corrected chi connectivity index (χ4v) is 4.15. The third-order valence-corrected chi connectivity index (χ3v) is 5.57. The Bertz CT molecular complexity index is 1150. The highest BCUT2D eigenvalue weighted by Crippen LogP contribution is 2.44. The van der Waals surface area contributed by atoms with Crippen LogP contribution in [0.4, 0.5) is 13.2 Å². The van der Waals surface area contributed by atoms with Gasteiger partial charge in [-0.2, -0.15) is 18.2 Å². The van der Waals surface area contributed by atoms with Crippen LogP contribution in [0.3, 0.4) is 0 Å². The molecule has 0 unspecified atom stereocenters. The lowest BCUT2D eigenvalue weighted by atomic mass is 9.65. The zero-order chi connectivity index (χ0) is 21.0. The average Bonchev–Trinajstić information content (AvgIpc) is 2.60. The molecule has 0 radical (unpaired) electrons. The van der Waals surface area contributed by atoms with Crippen LogP contribution in [0, 0.1) is 5.41 Å². The van der Waals surface area contributed by atoms with Crippen molar-refractivity contribution in [1.29, 1.82) is 0 Å². The SMILES string of the molecule is CC1(Cc2nc(=O)n(-c3ccccc3Cl)c3nc(C(F)(F)F)ccc23)CC(O)C1. The second kappa shape index (κ2) is 6.81. The van der Waals surface area contributed by atoms with Crippen molar-refractivity contribution in [3.63, 3.8) is 0 Å². The number of fused-ring (bicyclic) bond motifs is 1. The van der Waals surface area contributed by atoms with Crippen molar-refractivity contribution in [1.82, 2.24) is 14.5 Å². The average molecular weight is 424 g/mol. The Labute approximate surface area is 168 Å². The monoisotopic (exact) mass is 423 g/mol. The van der Waals surface area contributed by atoms with E-state index in [-0.39, 0.29) is 21.8 Å². The zero-order valence-corrected chi connectivity index (χ0v) is 16.1. The van der Waals surface area contributed by atoms with Crippen LogP contribution >= 0.6 is 11.6 Å². The van der Waals surface area contributed by atoms with E-state index in [0.29, 0.717) is 30.3 Å². The molecule has 1 N–H and O–H groups in total. The highest BCUT2D eigenvalue weighted by Gasteiger charge is 2.40. The fraction of sp³-hybridized carbons (Fsp3) is 0.350. The van der Waals surface area contributed by atoms with Gasteiger partial charge in [0.15, 0.2) is 5.65 Å². The number of hydrogen-bond acceptors (Lipinski definition) is 4. The molecule has 1 aromatic carbocycles. The van der Waals surface area contributed by atoms with Crippen LogP contribution < -0.4 is 5.69 Å². The fourth-order valence-electron chi connectivity index (χ4n) is 3.93. The van der Waals surface area contributed by atoms with Gasteiger partial charge in [0.25, 0.3) is 0 Å². The first-order valence-corrected chi connectivity index (χ1v) is 9.38. The van der Waals surface area contributed by atoms with E-state index in [2.05, 4.69) is 9.97 Å². The second-order valence-corrected chi connectivity index (χ2v) is 8.15. The number of nitrogens with zero attached hydrogens (tertiary/aromatic N) is 3. The van der Waals surface area contributed by atoms with Crippen LogP contribution in [-0.4, -0.2) is 25.7 Å². The molecule has 4 rings (SSSR count). The van der Waals surface area contributed by atoms with E-state index in [1.54, 1.807) is 12.1 Å². The Kier molecular flexibility index (Phi) is 4.66. The van der Waals surface area contributed by atoms with Crippen LogP contribution in [0.25, 0.3) is 16.7 Å². The van der Waals surface area contributed by atoms with E-state index in [9.17, 15) is 23.1 Å². The predicted molar refractivity (Wildman–Crippen MR) is 102 cm³/mol. The molecule has 3 aromatic rings. The lowest BCUT2D eigenvalue weighted by molar-refractivity contribution is -0.141. The summed E-state index contributed by atoms with van der Waals surface area (Å²) in [7, 11) is 0. The highest BCUT2D eigenvalue weighted by atomic mass is 35.5. The number of alkyl halides is 3. The second-order valence-electron chi connectivity index (χ2n) is 7.74. The molecule has 5 nitrogen and oxygen atoms in total. The first-order chi connectivity index (χ1) is 13.6. The van der Waals surface area contributed by atoms with Crippen LogP contribution in [0.2, 0.25) is 5.02 Å². The number of aliphatic hydroxyl groups is 1. The molecule has 2 heterocycles. The quantitative estimate of drug-likeness (QED) is 0.687. The molecule has 0 amide bonds. The van der Waals surface area contributed by atoms with Gasteiger partial charge in [-0.3, -0.25) is 0 Å². The maximum Gasteiger partial charge on any atom is 0.433 e. The summed E-state index contributed by atoms with van der Waals surface area (Å²) in [5, 5.41) is 10.2. The topological polar surface area (TPSA) is 68.0 Å². The van der Waals surface area contributed by atoms with Gasteiger partial charge < -0.3 is 5.11 Å². The summed E-state index contributed by atoms with van der Waals surface area (Å²) in [6.45, 7) is 1.95. The Morgan fingerprint density at radius 1 is 1.21 bits per heavy atom. The molecule has 0 spiro atoms. The number of pyridine rings is 1. The molecule has 2 aromatic heterocycles. The molecule has 9 heteroatoms. The maximum atomic E-state index is 13.3. The lowest BCUT2D eigenvalue weighted by Gasteiger charge is -2.42. The molecule has 1 aliphatic carbocycles. The number of halogens is 4. The number of hydrogen-bond donors (Lipinski definition) is 1. The van der Waals surface area contributed by atoms with E-state index in [4.69, 9.17) is 11.6 Å². The molecule has 0 saturated heterocycles. The Balaban J connectivity index is 1.98. The summed E-state index contributed by atoms with van der Waals surface area (Å²) in [5.74, 6) is 0. The van der Waals surface area contributed by atoms with Crippen molar-refractivity contribution in [2.24, 2.45) is 5.41 Å². The number of para-hydroxylation sites is 1. The lowest BCUT2D eigenvalue weighted by Crippen LogP contribution is -2.40. The van der Waals surface area contributed by atoms with Crippen molar-refractivity contribution >= 4 is 22.6 Å². The molecule has 0 aliphatic heterocycles. The van der Waals surface area contributed by atoms with Crippen LogP contribution in [0.5, 0.6) is 0 Å². The van der Waals surface area contributed by atoms with Crippen molar-refractivity contribution in [3.05, 3.63) is 63.3 Å². The normalized spacial score (nSPS) is 21.9. The van der Waals surface area contributed by atoms with Gasteiger partial charge in [-0.05, 0) is 48.9 Å². The minimum atomic E-state index is -4.66. The highest BCUT2D eigenvalue weighted by molar-refractivity contribution is 6.32. The van der Waals surface area contributed by atoms with Gasteiger partial charge in [-0.25, -0.2) is 14.3 Å². The molecular weight excluding hydrogens is 407 g/mol. The van der Waals surface area contributed by atoms with Crippen molar-refractivity contribution in [2.45, 2.75) is 38.5 Å². The van der Waals surface area contributed by atoms with Crippen molar-refractivity contribution in [2.75, 3.05) is 0 Å². The molecule has 152 valence electrons. The zero-order valence-electron chi connectivity index (χ0n) is 15.4. The minimum Gasteiger partial charge on any atom is -0.393 e. The number of aromatic nitrogens is 3. The number of benzene rings is 1. The third-order valence-electron chi connectivity index (χ3n) is 5.25. The van der Waals surface area contributed by atoms with Crippen LogP contribution in [-0.2, 0) is 12.6 Å². The van der Waals surface area contributed by atoms with E-state index in [1.807, 2.05) is 6.92 Å². The Hall–Kier alpha value is -2.45. The number of rotatable bonds is 3. The molecule has 1 aliphatic rings. The molecule has 1 saturated carbocycles. The minimum absolute atomic E-state index is 0.147. The summed E-state index contributed by atoms with van der Waals surface area (Å²) in [6, 6.07) is 8.51. The van der Waals surface area contributed by atoms with E-state index in [1.165, 1.54) is 18.2 Å². The van der Waals surface area contributed by atoms with E-state index >= 15 is 0 Å². The van der Waals surface area contributed by atoms with Gasteiger partial charge in [-0.1, -0.05) is 30.7 Å². The maximum absolute atomic E-state index is 13.3. The molecule has 29 heavy (non-hydrogen) atoms. The molecule has 1 fully saturated rings. The van der Waals surface area contributed by atoms with E-state index in [0.717, 1.165) is 10.6 Å². The van der Waals surface area contributed by atoms with Gasteiger partial charge >= 0.3 is 11.9 Å². The summed E-state index contributed by atoms with van der Waals surface area (Å²) in [4.78, 5) is 20.8. The first kappa shape index (κ1) is 19.8. The van der Waals surface area contributed by atoms with Gasteiger partial charge in [0.1, 0.15) is 5.69 Å². The van der Waals surface area contributed by atoms with Crippen molar-refractivity contribution < 1.29 is 18.3 Å². The standard InChI is InChI=1S/C20H17ClF3N3O2/c1-19(8-11(28)9-19)10-14-12-6-7-16(20(22,23)24)26-17(12)27(18(29)25-14)15-5-3-2-4-13(15)21/h2-7,11,28H,8-10H2,1H3. The summed E-state index contributed by atoms with van der Waals surface area (Å²) < 4.78 is 40.9. The van der Waals surface area contributed by atoms with Gasteiger partial charge in [-0.15, -0.1) is 0 Å². The molecule has 0 atom stereocenters. The van der Waals surface area contributed by atoms with Gasteiger partial charge in [0.2, 0.25) is 0 Å². The van der Waals surface area contributed by atoms with Crippen molar-refractivity contribution in [3.8, 4) is 5.69 Å². The smallest absolute Gasteiger partial charge is 0.393 e. The third kappa shape index (κ3) is 3.62. The van der Waals surface area contributed by atoms with E-state index < -0.39 is 23.7 Å². The Morgan fingerprint density at radius 2 is 1.90 bits per heavy atom. The Morgan fingerprint density at radius 3 is 2.52 bits per heavy atom. The summed E-state index contributed by atoms with van der Waals surface area (Å²) in [6.07, 6.45) is -3.64. The predicted octanol–water partition coefficient (Wildman–Crippen LogP) is 4.16. The summed E-state index contributed by atoms with van der Waals surface area (Å²) in [5.41, 5.74) is -1.70. The first-order valence-electron chi connectivity index (χ1n) is 9.00. The number of aliphatic hydroxyl groups excluding tert-OH is 1. The van der Waals surface area contributed by atoms with Crippen LogP contribution in [0.15, 0.2) is 41.2 Å². The van der Waals surface area contributed by atoms with Gasteiger partial charge in [0, 0.05) is 5.39 Å².